The lowest BCUT2D eigenvalue weighted by Crippen LogP contribution is -2.58. The summed E-state index contributed by atoms with van der Waals surface area (Å²) in [5.74, 6) is -1.30. The maximum atomic E-state index is 11.5. The maximum Gasteiger partial charge on any atom is 0.322 e. The van der Waals surface area contributed by atoms with Crippen LogP contribution < -0.4 is 0 Å². The fourth-order valence-electron chi connectivity index (χ4n) is 2.10. The highest BCUT2D eigenvalue weighted by atomic mass is 127. The van der Waals surface area contributed by atoms with Gasteiger partial charge in [0.15, 0.2) is 11.9 Å². The molecular weight excluding hydrogens is 343 g/mol. The first-order valence-corrected chi connectivity index (χ1v) is 6.59. The van der Waals surface area contributed by atoms with Crippen molar-refractivity contribution in [2.24, 2.45) is 0 Å². The molecule has 7 heteroatoms. The van der Waals surface area contributed by atoms with E-state index in [0.717, 1.165) is 0 Å². The molecule has 0 aromatic carbocycles. The van der Waals surface area contributed by atoms with E-state index >= 15 is 0 Å². The van der Waals surface area contributed by atoms with E-state index in [9.17, 15) is 9.90 Å². The van der Waals surface area contributed by atoms with Gasteiger partial charge < -0.3 is 24.4 Å². The Kier molecular flexibility index (Phi) is 3.66. The van der Waals surface area contributed by atoms with E-state index in [2.05, 4.69) is 0 Å². The third-order valence-corrected chi connectivity index (χ3v) is 4.04. The summed E-state index contributed by atoms with van der Waals surface area (Å²) >= 11 is 1.96. The molecule has 0 aromatic heterocycles. The molecule has 2 saturated heterocycles. The van der Waals surface area contributed by atoms with Gasteiger partial charge in [-0.2, -0.15) is 0 Å². The topological polar surface area (TPSA) is 85.2 Å². The first-order chi connectivity index (χ1) is 7.85. The van der Waals surface area contributed by atoms with Gasteiger partial charge >= 0.3 is 5.97 Å². The van der Waals surface area contributed by atoms with E-state index in [0.29, 0.717) is 0 Å². The van der Waals surface area contributed by atoms with Gasteiger partial charge in [0.2, 0.25) is 0 Å². The number of fused-ring (bicyclic) bond motifs is 1. The van der Waals surface area contributed by atoms with Crippen LogP contribution in [0.1, 0.15) is 13.8 Å². The first kappa shape index (κ1) is 13.5. The smallest absolute Gasteiger partial charge is 0.322 e. The molecule has 0 aliphatic carbocycles. The van der Waals surface area contributed by atoms with Crippen LogP contribution in [0.5, 0.6) is 0 Å². The van der Waals surface area contributed by atoms with Crippen molar-refractivity contribution in [3.63, 3.8) is 0 Å². The summed E-state index contributed by atoms with van der Waals surface area (Å²) in [5, 5.41) is 18.7. The zero-order valence-corrected chi connectivity index (χ0v) is 11.7. The molecular formula is C10H15IO6. The minimum Gasteiger partial charge on any atom is -0.456 e. The van der Waals surface area contributed by atoms with Crippen molar-refractivity contribution in [1.82, 2.24) is 0 Å². The molecule has 5 atom stereocenters. The highest BCUT2D eigenvalue weighted by Gasteiger charge is 2.56. The number of carbonyl (C=O) groups excluding carboxylic acids is 1. The molecule has 2 heterocycles. The van der Waals surface area contributed by atoms with Gasteiger partial charge in [0.1, 0.15) is 22.2 Å². The van der Waals surface area contributed by atoms with Gasteiger partial charge in [-0.15, -0.1) is 0 Å². The first-order valence-electron chi connectivity index (χ1n) is 5.35. The number of rotatable bonds is 2. The molecule has 17 heavy (non-hydrogen) atoms. The Balaban J connectivity index is 2.24. The van der Waals surface area contributed by atoms with E-state index in [1.165, 1.54) is 0 Å². The van der Waals surface area contributed by atoms with Crippen molar-refractivity contribution in [1.29, 1.82) is 0 Å². The van der Waals surface area contributed by atoms with Gasteiger partial charge in [-0.05, 0) is 13.8 Å². The molecule has 0 aromatic rings. The van der Waals surface area contributed by atoms with Crippen LogP contribution in [-0.2, 0) is 19.0 Å². The van der Waals surface area contributed by atoms with Crippen molar-refractivity contribution in [2.45, 2.75) is 48.0 Å². The Hall–Kier alpha value is 0.0400. The van der Waals surface area contributed by atoms with Crippen LogP contribution in [0, 0.1) is 0 Å². The molecule has 98 valence electrons. The molecule has 6 nitrogen and oxygen atoms in total. The van der Waals surface area contributed by atoms with E-state index in [1.807, 2.05) is 22.6 Å². The second-order valence-electron chi connectivity index (χ2n) is 4.62. The third kappa shape index (κ3) is 2.43. The molecule has 0 amide bonds. The summed E-state index contributed by atoms with van der Waals surface area (Å²) in [7, 11) is 0. The molecule has 0 radical (unpaired) electrons. The summed E-state index contributed by atoms with van der Waals surface area (Å²) in [6.07, 6.45) is -2.99. The summed E-state index contributed by atoms with van der Waals surface area (Å²) in [5.41, 5.74) is 0. The van der Waals surface area contributed by atoms with E-state index in [-0.39, 0.29) is 5.97 Å². The molecule has 0 bridgehead atoms. The van der Waals surface area contributed by atoms with Crippen LogP contribution in [0.15, 0.2) is 0 Å². The summed E-state index contributed by atoms with van der Waals surface area (Å²) in [6.45, 7) is 2.95. The fourth-order valence-corrected chi connectivity index (χ4v) is 2.80. The molecule has 2 fully saturated rings. The van der Waals surface area contributed by atoms with Gasteiger partial charge in [-0.25, -0.2) is 0 Å². The second kappa shape index (κ2) is 4.61. The van der Waals surface area contributed by atoms with Crippen molar-refractivity contribution >= 4 is 28.6 Å². The van der Waals surface area contributed by atoms with Gasteiger partial charge in [-0.3, -0.25) is 4.79 Å². The zero-order valence-electron chi connectivity index (χ0n) is 9.50. The van der Waals surface area contributed by atoms with Crippen LogP contribution in [0.25, 0.3) is 0 Å². The SMILES string of the molecule is CC1(C)O[C@@H]2[C@@H](OC(=O)[C@@H]2I)[C@@H](C(O)CO)O1. The molecule has 2 aliphatic rings. The summed E-state index contributed by atoms with van der Waals surface area (Å²) in [4.78, 5) is 11.5. The van der Waals surface area contributed by atoms with Crippen molar-refractivity contribution in [3.05, 3.63) is 0 Å². The van der Waals surface area contributed by atoms with E-state index in [4.69, 9.17) is 19.3 Å². The quantitative estimate of drug-likeness (QED) is 0.397. The molecule has 1 unspecified atom stereocenters. The van der Waals surface area contributed by atoms with Gasteiger partial charge in [0.25, 0.3) is 0 Å². The van der Waals surface area contributed by atoms with Gasteiger partial charge in [0, 0.05) is 0 Å². The Morgan fingerprint density at radius 2 is 2.06 bits per heavy atom. The molecule has 2 aliphatic heterocycles. The summed E-state index contributed by atoms with van der Waals surface area (Å²) in [6, 6.07) is 0. The largest absolute Gasteiger partial charge is 0.456 e. The highest BCUT2D eigenvalue weighted by Crippen LogP contribution is 2.38. The normalized spacial score (nSPS) is 41.8. The number of ether oxygens (including phenoxy) is 3. The monoisotopic (exact) mass is 358 g/mol. The highest BCUT2D eigenvalue weighted by molar-refractivity contribution is 14.1. The lowest BCUT2D eigenvalue weighted by Gasteiger charge is -2.43. The number of alkyl halides is 1. The Morgan fingerprint density at radius 3 is 2.65 bits per heavy atom. The van der Waals surface area contributed by atoms with Gasteiger partial charge in [0.05, 0.1) is 6.61 Å². The van der Waals surface area contributed by atoms with E-state index < -0.39 is 40.7 Å². The lowest BCUT2D eigenvalue weighted by molar-refractivity contribution is -0.334. The Bertz CT molecular complexity index is 320. The van der Waals surface area contributed by atoms with Crippen LogP contribution in [0.2, 0.25) is 0 Å². The van der Waals surface area contributed by atoms with E-state index in [1.54, 1.807) is 13.8 Å². The number of hydrogen-bond donors (Lipinski definition) is 2. The van der Waals surface area contributed by atoms with Crippen LogP contribution in [0.3, 0.4) is 0 Å². The van der Waals surface area contributed by atoms with Crippen molar-refractivity contribution in [2.75, 3.05) is 6.61 Å². The number of aliphatic hydroxyl groups excluding tert-OH is 2. The predicted molar refractivity (Wildman–Crippen MR) is 64.6 cm³/mol. The molecule has 2 rings (SSSR count). The number of carbonyl (C=O) groups is 1. The minimum absolute atomic E-state index is 0.378. The Morgan fingerprint density at radius 1 is 1.41 bits per heavy atom. The van der Waals surface area contributed by atoms with Crippen LogP contribution in [-0.4, -0.2) is 56.9 Å². The maximum absolute atomic E-state index is 11.5. The molecule has 2 N–H and O–H groups in total. The number of hydrogen-bond acceptors (Lipinski definition) is 6. The van der Waals surface area contributed by atoms with Crippen LogP contribution >= 0.6 is 22.6 Å². The molecule has 0 spiro atoms. The second-order valence-corrected chi connectivity index (χ2v) is 5.96. The standard InChI is InChI=1S/C10H15IO6/c1-10(2)16-6(4(13)3-12)8-7(17-10)5(11)9(14)15-8/h4-8,12-13H,3H2,1-2H3/t4?,5-,6-,7+,8+/m1/s1. The van der Waals surface area contributed by atoms with Crippen molar-refractivity contribution in [3.8, 4) is 0 Å². The zero-order chi connectivity index (χ0) is 12.8. The summed E-state index contributed by atoms with van der Waals surface area (Å²) < 4.78 is 15.9. The average molecular weight is 358 g/mol. The van der Waals surface area contributed by atoms with Crippen molar-refractivity contribution < 1.29 is 29.2 Å². The van der Waals surface area contributed by atoms with Crippen LogP contribution in [0.4, 0.5) is 0 Å². The van der Waals surface area contributed by atoms with Gasteiger partial charge in [-0.1, -0.05) is 22.6 Å². The average Bonchev–Trinajstić information content (AvgIpc) is 2.53. The minimum atomic E-state index is -1.10. The Labute approximate surface area is 112 Å². The lowest BCUT2D eigenvalue weighted by atomic mass is 10.0. The number of halogens is 1. The predicted octanol–water partition coefficient (Wildman–Crippen LogP) is -0.411. The number of aliphatic hydroxyl groups is 2. The molecule has 0 saturated carbocycles. The third-order valence-electron chi connectivity index (χ3n) is 2.82. The number of esters is 1. The fraction of sp³-hybridized carbons (Fsp3) is 0.900.